The fourth-order valence-electron chi connectivity index (χ4n) is 4.59. The number of amides is 1. The molecule has 1 unspecified atom stereocenters. The summed E-state index contributed by atoms with van der Waals surface area (Å²) < 4.78 is 2.53. The average molecular weight is 438 g/mol. The maximum atomic E-state index is 11.7. The highest BCUT2D eigenvalue weighted by molar-refractivity contribution is 7.96. The van der Waals surface area contributed by atoms with Crippen molar-refractivity contribution >= 4 is 28.6 Å². The molecule has 0 radical (unpaired) electrons. The Kier molecular flexibility index (Phi) is 9.27. The van der Waals surface area contributed by atoms with E-state index in [2.05, 4.69) is 76.1 Å². The van der Waals surface area contributed by atoms with Crippen LogP contribution >= 0.6 is 11.9 Å². The Balaban J connectivity index is 1.47. The van der Waals surface area contributed by atoms with E-state index in [4.69, 9.17) is 6.42 Å². The molecule has 3 rings (SSSR count). The van der Waals surface area contributed by atoms with E-state index in [-0.39, 0.29) is 5.91 Å². The maximum Gasteiger partial charge on any atom is 0.220 e. The number of hydrogen-bond acceptors (Lipinski definition) is 4. The summed E-state index contributed by atoms with van der Waals surface area (Å²) in [5.74, 6) is 2.50. The van der Waals surface area contributed by atoms with Crippen LogP contribution in [0.1, 0.15) is 50.6 Å². The predicted octanol–water partition coefficient (Wildman–Crippen LogP) is 4.86. The number of likely N-dealkylation sites (tertiary alicyclic amines) is 1. The molecule has 1 fully saturated rings. The Bertz CT molecular complexity index is 880. The predicted molar refractivity (Wildman–Crippen MR) is 133 cm³/mol. The average Bonchev–Trinajstić information content (AvgIpc) is 2.82. The lowest BCUT2D eigenvalue weighted by atomic mass is 9.96. The van der Waals surface area contributed by atoms with Crippen molar-refractivity contribution < 1.29 is 4.79 Å². The Hall–Kier alpha value is -2.00. The Labute approximate surface area is 191 Å². The van der Waals surface area contributed by atoms with Gasteiger partial charge < -0.3 is 5.32 Å². The third kappa shape index (κ3) is 6.49. The van der Waals surface area contributed by atoms with E-state index in [1.165, 1.54) is 29.2 Å². The van der Waals surface area contributed by atoms with Gasteiger partial charge in [0.1, 0.15) is 0 Å². The molecule has 1 atom stereocenters. The van der Waals surface area contributed by atoms with Crippen LogP contribution in [0.4, 0.5) is 0 Å². The van der Waals surface area contributed by atoms with Gasteiger partial charge in [-0.1, -0.05) is 60.3 Å². The van der Waals surface area contributed by atoms with E-state index in [1.54, 1.807) is 0 Å². The monoisotopic (exact) mass is 437 g/mol. The Morgan fingerprint density at radius 3 is 2.71 bits per heavy atom. The number of rotatable bonds is 10. The van der Waals surface area contributed by atoms with E-state index in [0.29, 0.717) is 25.0 Å². The summed E-state index contributed by atoms with van der Waals surface area (Å²) in [6, 6.07) is 16.4. The van der Waals surface area contributed by atoms with Crippen LogP contribution in [0.2, 0.25) is 0 Å². The van der Waals surface area contributed by atoms with Crippen molar-refractivity contribution in [1.82, 2.24) is 14.5 Å². The van der Waals surface area contributed by atoms with Gasteiger partial charge in [-0.25, -0.2) is 4.31 Å². The van der Waals surface area contributed by atoms with E-state index in [0.717, 1.165) is 32.5 Å². The zero-order valence-corrected chi connectivity index (χ0v) is 19.7. The number of nitrogens with one attached hydrogen (secondary N) is 1. The number of hydrogen-bond donors (Lipinski definition) is 1. The Morgan fingerprint density at radius 1 is 1.23 bits per heavy atom. The van der Waals surface area contributed by atoms with Crippen molar-refractivity contribution in [2.24, 2.45) is 0 Å². The summed E-state index contributed by atoms with van der Waals surface area (Å²) in [6.07, 6.45) is 12.2. The third-order valence-corrected chi connectivity index (χ3v) is 7.33. The number of unbranched alkanes of at least 4 members (excludes halogenated alkanes) is 1. The van der Waals surface area contributed by atoms with Gasteiger partial charge in [0.25, 0.3) is 0 Å². The molecule has 0 aromatic heterocycles. The first-order chi connectivity index (χ1) is 15.1. The quantitative estimate of drug-likeness (QED) is 0.327. The van der Waals surface area contributed by atoms with Crippen LogP contribution in [0.3, 0.4) is 0 Å². The summed E-state index contributed by atoms with van der Waals surface area (Å²) in [5.41, 5.74) is 1.43. The molecule has 1 aliphatic heterocycles. The highest BCUT2D eigenvalue weighted by Gasteiger charge is 2.27. The number of piperidine rings is 1. The normalized spacial score (nSPS) is 16.3. The first kappa shape index (κ1) is 23.7. The molecule has 0 saturated carbocycles. The zero-order valence-electron chi connectivity index (χ0n) is 18.8. The molecule has 31 heavy (non-hydrogen) atoms. The third-order valence-electron chi connectivity index (χ3n) is 6.38. The van der Waals surface area contributed by atoms with Crippen molar-refractivity contribution in [2.75, 3.05) is 32.4 Å². The number of fused-ring (bicyclic) bond motifs is 1. The second kappa shape index (κ2) is 12.1. The van der Waals surface area contributed by atoms with Gasteiger partial charge in [-0.2, -0.15) is 0 Å². The minimum Gasteiger partial charge on any atom is -0.345 e. The van der Waals surface area contributed by atoms with Crippen molar-refractivity contribution in [2.45, 2.75) is 51.1 Å². The zero-order chi connectivity index (χ0) is 22.1. The largest absolute Gasteiger partial charge is 0.345 e. The number of carbonyl (C=O) groups is 1. The minimum atomic E-state index is 0.0596. The van der Waals surface area contributed by atoms with Crippen LogP contribution in [0.15, 0.2) is 42.5 Å². The summed E-state index contributed by atoms with van der Waals surface area (Å²) >= 11 is 1.84. The van der Waals surface area contributed by atoms with Gasteiger partial charge in [-0.15, -0.1) is 6.42 Å². The van der Waals surface area contributed by atoms with Crippen molar-refractivity contribution in [3.8, 4) is 12.3 Å². The molecule has 5 heteroatoms. The lowest BCUT2D eigenvalue weighted by molar-refractivity contribution is -0.120. The molecule has 1 aliphatic rings. The molecular weight excluding hydrogens is 402 g/mol. The molecule has 1 N–H and O–H groups in total. The summed E-state index contributed by atoms with van der Waals surface area (Å²) in [6.45, 7) is 5.96. The second-order valence-electron chi connectivity index (χ2n) is 8.27. The second-order valence-corrected chi connectivity index (χ2v) is 9.11. The van der Waals surface area contributed by atoms with Crippen molar-refractivity contribution in [1.29, 1.82) is 0 Å². The van der Waals surface area contributed by atoms with Gasteiger partial charge in [0.2, 0.25) is 5.91 Å². The summed E-state index contributed by atoms with van der Waals surface area (Å²) in [4.78, 5) is 14.3. The minimum absolute atomic E-state index is 0.0596. The van der Waals surface area contributed by atoms with Gasteiger partial charge >= 0.3 is 0 Å². The molecule has 0 bridgehead atoms. The fraction of sp³-hybridized carbons (Fsp3) is 0.500. The molecule has 1 heterocycles. The highest BCUT2D eigenvalue weighted by atomic mass is 32.2. The highest BCUT2D eigenvalue weighted by Crippen LogP contribution is 2.31. The molecular formula is C26H35N3OS. The lowest BCUT2D eigenvalue weighted by Crippen LogP contribution is -2.43. The number of benzene rings is 2. The van der Waals surface area contributed by atoms with Crippen LogP contribution in [-0.2, 0) is 4.79 Å². The summed E-state index contributed by atoms with van der Waals surface area (Å²) in [7, 11) is 0. The molecule has 4 nitrogen and oxygen atoms in total. The molecule has 1 saturated heterocycles. The van der Waals surface area contributed by atoms with Crippen LogP contribution in [0.25, 0.3) is 10.8 Å². The molecule has 166 valence electrons. The summed E-state index contributed by atoms with van der Waals surface area (Å²) in [5, 5.41) is 5.43. The molecule has 2 aromatic rings. The standard InChI is InChI=1S/C26H35N3OS/c1-4-17-27-26(30)14-7-8-18-29(31-3)23-15-19-28(20-16-23)21(2)24-13-9-11-22-10-5-6-12-25(22)24/h1,5-6,9-13,21,23H,7-8,14-20H2,2-3H3,(H,27,30). The van der Waals surface area contributed by atoms with Crippen molar-refractivity contribution in [3.05, 3.63) is 48.0 Å². The van der Waals surface area contributed by atoms with Gasteiger partial charge in [0.05, 0.1) is 6.54 Å². The van der Waals surface area contributed by atoms with Crippen LogP contribution in [-0.4, -0.2) is 53.6 Å². The number of nitrogens with zero attached hydrogens (tertiary/aromatic N) is 2. The van der Waals surface area contributed by atoms with E-state index >= 15 is 0 Å². The number of terminal acetylenes is 1. The maximum absolute atomic E-state index is 11.7. The van der Waals surface area contributed by atoms with Crippen LogP contribution in [0, 0.1) is 12.3 Å². The SMILES string of the molecule is C#CCNC(=O)CCCCN(SC)C1CCN(C(C)c2cccc3ccccc23)CC1. The topological polar surface area (TPSA) is 35.6 Å². The van der Waals surface area contributed by atoms with Gasteiger partial charge in [0.15, 0.2) is 0 Å². The fourth-order valence-corrected chi connectivity index (χ4v) is 5.41. The van der Waals surface area contributed by atoms with Gasteiger partial charge in [-0.3, -0.25) is 9.69 Å². The van der Waals surface area contributed by atoms with Gasteiger partial charge in [-0.05, 0) is 55.2 Å². The van der Waals surface area contributed by atoms with E-state index in [1.807, 2.05) is 11.9 Å². The van der Waals surface area contributed by atoms with Crippen LogP contribution in [0.5, 0.6) is 0 Å². The lowest BCUT2D eigenvalue weighted by Gasteiger charge is -2.40. The van der Waals surface area contributed by atoms with E-state index < -0.39 is 0 Å². The van der Waals surface area contributed by atoms with Crippen molar-refractivity contribution in [3.63, 3.8) is 0 Å². The number of carbonyl (C=O) groups excluding carboxylic acids is 1. The molecule has 1 amide bonds. The van der Waals surface area contributed by atoms with Crippen LogP contribution < -0.4 is 5.32 Å². The van der Waals surface area contributed by atoms with E-state index in [9.17, 15) is 4.79 Å². The molecule has 2 aromatic carbocycles. The molecule has 0 spiro atoms. The molecule has 0 aliphatic carbocycles. The Morgan fingerprint density at radius 2 is 1.97 bits per heavy atom. The first-order valence-corrected chi connectivity index (χ1v) is 12.5. The first-order valence-electron chi connectivity index (χ1n) is 11.4. The smallest absolute Gasteiger partial charge is 0.220 e. The van der Waals surface area contributed by atoms with Gasteiger partial charge in [0, 0.05) is 38.1 Å².